The van der Waals surface area contributed by atoms with E-state index in [1.165, 1.54) is 13.3 Å². The van der Waals surface area contributed by atoms with Crippen molar-refractivity contribution in [2.24, 2.45) is 0 Å². The average Bonchev–Trinajstić information content (AvgIpc) is 3.02. The molecule has 9 nitrogen and oxygen atoms in total. The monoisotopic (exact) mass is 293 g/mol. The van der Waals surface area contributed by atoms with Crippen LogP contribution >= 0.6 is 0 Å². The molecule has 0 amide bonds. The van der Waals surface area contributed by atoms with Gasteiger partial charge in [0.2, 0.25) is 0 Å². The molecule has 3 unspecified atom stereocenters. The van der Waals surface area contributed by atoms with Crippen molar-refractivity contribution >= 4 is 23.0 Å². The Kier molecular flexibility index (Phi) is 3.43. The maximum atomic E-state index is 11.1. The molecule has 3 rings (SSSR count). The maximum absolute atomic E-state index is 11.1. The van der Waals surface area contributed by atoms with Crippen LogP contribution in [0.4, 0.5) is 5.82 Å². The van der Waals surface area contributed by atoms with E-state index in [0.717, 1.165) is 0 Å². The summed E-state index contributed by atoms with van der Waals surface area (Å²) < 4.78 is 12.6. The number of rotatable bonds is 3. The Balaban J connectivity index is 1.90. The van der Waals surface area contributed by atoms with Crippen LogP contribution in [-0.4, -0.2) is 49.4 Å². The van der Waals surface area contributed by atoms with Gasteiger partial charge in [0.05, 0.1) is 12.9 Å². The van der Waals surface area contributed by atoms with Gasteiger partial charge in [-0.05, 0) is 0 Å². The normalized spacial score (nSPS) is 25.3. The van der Waals surface area contributed by atoms with Crippen molar-refractivity contribution in [3.63, 3.8) is 0 Å². The molecule has 3 N–H and O–H groups in total. The van der Waals surface area contributed by atoms with Gasteiger partial charge < -0.3 is 20.3 Å². The Morgan fingerprint density at radius 2 is 2.38 bits per heavy atom. The minimum atomic E-state index is -0.574. The van der Waals surface area contributed by atoms with Crippen LogP contribution in [0, 0.1) is 0 Å². The molecular formula is C12H15N5O4. The lowest BCUT2D eigenvalue weighted by Crippen LogP contribution is -2.29. The number of hydrogen-bond acceptors (Lipinski definition) is 8. The lowest BCUT2D eigenvalue weighted by atomic mass is 10.2. The molecule has 1 aliphatic rings. The Hall–Kier alpha value is -2.26. The van der Waals surface area contributed by atoms with Crippen molar-refractivity contribution in [3.8, 4) is 0 Å². The van der Waals surface area contributed by atoms with Crippen LogP contribution in [-0.2, 0) is 14.3 Å². The fraction of sp³-hybridized carbons (Fsp3) is 0.500. The number of nitrogen functional groups attached to an aromatic ring is 1. The Morgan fingerprint density at radius 1 is 1.57 bits per heavy atom. The summed E-state index contributed by atoms with van der Waals surface area (Å²) >= 11 is 0. The first-order valence-corrected chi connectivity index (χ1v) is 6.46. The van der Waals surface area contributed by atoms with Crippen LogP contribution in [0.15, 0.2) is 12.7 Å². The number of hydrogen-bond donors (Lipinski definition) is 2. The van der Waals surface area contributed by atoms with Crippen molar-refractivity contribution in [1.29, 1.82) is 0 Å². The van der Waals surface area contributed by atoms with Gasteiger partial charge in [0, 0.05) is 13.3 Å². The SMILES string of the molecule is CC(=O)OC1CC(n2cnc3c(N)ncnc32)OC1CO. The van der Waals surface area contributed by atoms with Crippen molar-refractivity contribution < 1.29 is 19.4 Å². The molecule has 0 saturated carbocycles. The second-order valence-electron chi connectivity index (χ2n) is 4.78. The van der Waals surface area contributed by atoms with E-state index < -0.39 is 24.4 Å². The molecule has 0 spiro atoms. The lowest BCUT2D eigenvalue weighted by Gasteiger charge is -2.15. The quantitative estimate of drug-likeness (QED) is 0.733. The number of imidazole rings is 1. The highest BCUT2D eigenvalue weighted by molar-refractivity contribution is 5.81. The van der Waals surface area contributed by atoms with Gasteiger partial charge in [0.25, 0.3) is 0 Å². The number of nitrogens with zero attached hydrogens (tertiary/aromatic N) is 4. The Labute approximate surface area is 119 Å². The molecule has 9 heteroatoms. The lowest BCUT2D eigenvalue weighted by molar-refractivity contribution is -0.150. The highest BCUT2D eigenvalue weighted by Crippen LogP contribution is 2.32. The molecular weight excluding hydrogens is 278 g/mol. The number of esters is 1. The number of aliphatic hydroxyl groups excluding tert-OH is 1. The van der Waals surface area contributed by atoms with Crippen LogP contribution in [0.5, 0.6) is 0 Å². The summed E-state index contributed by atoms with van der Waals surface area (Å²) in [6.07, 6.45) is 1.78. The molecule has 0 aromatic carbocycles. The third kappa shape index (κ3) is 2.41. The van der Waals surface area contributed by atoms with E-state index in [9.17, 15) is 9.90 Å². The average molecular weight is 293 g/mol. The second-order valence-corrected chi connectivity index (χ2v) is 4.78. The summed E-state index contributed by atoms with van der Waals surface area (Å²) in [6, 6.07) is 0. The summed E-state index contributed by atoms with van der Waals surface area (Å²) in [5.74, 6) is -0.128. The van der Waals surface area contributed by atoms with E-state index in [2.05, 4.69) is 15.0 Å². The predicted molar refractivity (Wildman–Crippen MR) is 70.9 cm³/mol. The van der Waals surface area contributed by atoms with Gasteiger partial charge in [-0.25, -0.2) is 15.0 Å². The van der Waals surface area contributed by atoms with Crippen molar-refractivity contribution in [2.75, 3.05) is 12.3 Å². The smallest absolute Gasteiger partial charge is 0.302 e. The van der Waals surface area contributed by atoms with Crippen LogP contribution in [0.2, 0.25) is 0 Å². The number of nitrogens with two attached hydrogens (primary N) is 1. The van der Waals surface area contributed by atoms with Crippen molar-refractivity contribution in [1.82, 2.24) is 19.5 Å². The molecule has 0 aliphatic carbocycles. The highest BCUT2D eigenvalue weighted by atomic mass is 16.6. The van der Waals surface area contributed by atoms with Crippen molar-refractivity contribution in [2.45, 2.75) is 31.8 Å². The van der Waals surface area contributed by atoms with E-state index in [-0.39, 0.29) is 12.4 Å². The zero-order valence-electron chi connectivity index (χ0n) is 11.3. The van der Waals surface area contributed by atoms with Gasteiger partial charge in [-0.15, -0.1) is 0 Å². The second kappa shape index (κ2) is 5.26. The number of ether oxygens (including phenoxy) is 2. The largest absolute Gasteiger partial charge is 0.460 e. The van der Waals surface area contributed by atoms with E-state index >= 15 is 0 Å². The first kappa shape index (κ1) is 13.7. The highest BCUT2D eigenvalue weighted by Gasteiger charge is 2.38. The zero-order chi connectivity index (χ0) is 15.0. The van der Waals surface area contributed by atoms with Crippen LogP contribution in [0.1, 0.15) is 19.6 Å². The molecule has 2 aromatic rings. The maximum Gasteiger partial charge on any atom is 0.302 e. The third-order valence-corrected chi connectivity index (χ3v) is 3.38. The topological polar surface area (TPSA) is 125 Å². The molecule has 1 fully saturated rings. The van der Waals surface area contributed by atoms with Gasteiger partial charge in [-0.3, -0.25) is 9.36 Å². The fourth-order valence-electron chi connectivity index (χ4n) is 2.45. The minimum Gasteiger partial charge on any atom is -0.460 e. The molecule has 0 bridgehead atoms. The summed E-state index contributed by atoms with van der Waals surface area (Å²) in [7, 11) is 0. The molecule has 2 aromatic heterocycles. The third-order valence-electron chi connectivity index (χ3n) is 3.38. The van der Waals surface area contributed by atoms with Crippen LogP contribution in [0.25, 0.3) is 11.2 Å². The number of carbonyl (C=O) groups is 1. The number of aliphatic hydroxyl groups is 1. The van der Waals surface area contributed by atoms with E-state index in [1.807, 2.05) is 0 Å². The van der Waals surface area contributed by atoms with Gasteiger partial charge in [0.15, 0.2) is 11.5 Å². The first-order chi connectivity index (χ1) is 10.1. The Bertz CT molecular complexity index is 673. The first-order valence-electron chi connectivity index (χ1n) is 6.46. The number of aromatic nitrogens is 4. The molecule has 1 aliphatic heterocycles. The van der Waals surface area contributed by atoms with Crippen molar-refractivity contribution in [3.05, 3.63) is 12.7 Å². The van der Waals surface area contributed by atoms with Gasteiger partial charge in [-0.1, -0.05) is 0 Å². The van der Waals surface area contributed by atoms with E-state index in [4.69, 9.17) is 15.2 Å². The molecule has 3 atom stereocenters. The van der Waals surface area contributed by atoms with Gasteiger partial charge >= 0.3 is 5.97 Å². The summed E-state index contributed by atoms with van der Waals surface area (Å²) in [4.78, 5) is 23.3. The molecule has 1 saturated heterocycles. The van der Waals surface area contributed by atoms with Crippen LogP contribution in [0.3, 0.4) is 0 Å². The number of carbonyl (C=O) groups excluding carboxylic acids is 1. The summed E-state index contributed by atoms with van der Waals surface area (Å²) in [5.41, 5.74) is 6.76. The molecule has 112 valence electrons. The summed E-state index contributed by atoms with van der Waals surface area (Å²) in [5, 5.41) is 9.34. The van der Waals surface area contributed by atoms with Gasteiger partial charge in [0.1, 0.15) is 30.3 Å². The number of fused-ring (bicyclic) bond motifs is 1. The van der Waals surface area contributed by atoms with Crippen LogP contribution < -0.4 is 5.73 Å². The predicted octanol–water partition coefficient (Wildman–Crippen LogP) is -0.380. The Morgan fingerprint density at radius 3 is 3.10 bits per heavy atom. The molecule has 21 heavy (non-hydrogen) atoms. The standard InChI is InChI=1S/C12H15N5O4/c1-6(19)20-7-2-9(21-8(7)3-18)17-5-16-10-11(13)14-4-15-12(10)17/h4-5,7-9,18H,2-3H2,1H3,(H2,13,14,15). The van der Waals surface area contributed by atoms with Gasteiger partial charge in [-0.2, -0.15) is 0 Å². The number of anilines is 1. The van der Waals surface area contributed by atoms with E-state index in [1.54, 1.807) is 10.9 Å². The summed E-state index contributed by atoms with van der Waals surface area (Å²) in [6.45, 7) is 1.08. The molecule has 3 heterocycles. The molecule has 0 radical (unpaired) electrons. The van der Waals surface area contributed by atoms with E-state index in [0.29, 0.717) is 17.6 Å². The fourth-order valence-corrected chi connectivity index (χ4v) is 2.45. The zero-order valence-corrected chi connectivity index (χ0v) is 11.3. The minimum absolute atomic E-state index is 0.238.